The molecular formula is C12H18N2O3. The van der Waals surface area contributed by atoms with E-state index >= 15 is 0 Å². The number of aromatic nitrogens is 2. The third kappa shape index (κ3) is 4.01. The van der Waals surface area contributed by atoms with Crippen LogP contribution in [-0.2, 0) is 23.0 Å². The highest BCUT2D eigenvalue weighted by Crippen LogP contribution is 2.09. The first-order valence-electron chi connectivity index (χ1n) is 5.82. The number of nitrogens with zero attached hydrogens (tertiary/aromatic N) is 2. The van der Waals surface area contributed by atoms with Crippen molar-refractivity contribution >= 4 is 12.3 Å². The maximum Gasteiger partial charge on any atom is 0.358 e. The Morgan fingerprint density at radius 1 is 1.53 bits per heavy atom. The molecular weight excluding hydrogens is 220 g/mol. The number of aldehydes is 1. The van der Waals surface area contributed by atoms with Crippen molar-refractivity contribution in [1.29, 1.82) is 0 Å². The average Bonchev–Trinajstić information content (AvgIpc) is 2.67. The van der Waals surface area contributed by atoms with E-state index in [9.17, 15) is 9.59 Å². The quantitative estimate of drug-likeness (QED) is 0.410. The Labute approximate surface area is 101 Å². The van der Waals surface area contributed by atoms with Crippen molar-refractivity contribution in [1.82, 2.24) is 9.78 Å². The summed E-state index contributed by atoms with van der Waals surface area (Å²) in [6.07, 6.45) is 4.11. The van der Waals surface area contributed by atoms with Crippen LogP contribution in [0.1, 0.15) is 42.4 Å². The van der Waals surface area contributed by atoms with E-state index in [1.54, 1.807) is 24.7 Å². The van der Waals surface area contributed by atoms with Crippen molar-refractivity contribution < 1.29 is 14.3 Å². The first-order chi connectivity index (χ1) is 8.19. The van der Waals surface area contributed by atoms with E-state index in [0.717, 1.165) is 31.2 Å². The summed E-state index contributed by atoms with van der Waals surface area (Å²) in [7, 11) is 1.80. The lowest BCUT2D eigenvalue weighted by molar-refractivity contribution is -0.107. The number of aryl methyl sites for hydroxylation is 2. The fraction of sp³-hybridized carbons (Fsp3) is 0.583. The Morgan fingerprint density at radius 2 is 2.29 bits per heavy atom. The van der Waals surface area contributed by atoms with E-state index in [0.29, 0.717) is 18.7 Å². The SMILES string of the molecule is CCOC(=O)c1cc(CCCCC=O)n(C)n1. The summed E-state index contributed by atoms with van der Waals surface area (Å²) >= 11 is 0. The molecule has 0 unspecified atom stereocenters. The van der Waals surface area contributed by atoms with Crippen molar-refractivity contribution in [2.75, 3.05) is 6.61 Å². The molecule has 1 aromatic heterocycles. The molecule has 0 aliphatic carbocycles. The van der Waals surface area contributed by atoms with Crippen LogP contribution in [0.15, 0.2) is 6.07 Å². The Balaban J connectivity index is 2.55. The van der Waals surface area contributed by atoms with Crippen molar-refractivity contribution in [2.24, 2.45) is 7.05 Å². The van der Waals surface area contributed by atoms with Crippen LogP contribution in [0.2, 0.25) is 0 Å². The molecule has 17 heavy (non-hydrogen) atoms. The summed E-state index contributed by atoms with van der Waals surface area (Å²) in [6, 6.07) is 1.75. The number of carbonyl (C=O) groups excluding carboxylic acids is 2. The molecule has 5 nitrogen and oxygen atoms in total. The molecule has 1 aromatic rings. The van der Waals surface area contributed by atoms with Crippen LogP contribution in [0.4, 0.5) is 0 Å². The van der Waals surface area contributed by atoms with Gasteiger partial charge in [-0.1, -0.05) is 0 Å². The molecule has 0 radical (unpaired) electrons. The topological polar surface area (TPSA) is 61.2 Å². The minimum absolute atomic E-state index is 0.347. The van der Waals surface area contributed by atoms with E-state index in [4.69, 9.17) is 4.74 Å². The number of unbranched alkanes of at least 4 members (excludes halogenated alkanes) is 2. The fourth-order valence-corrected chi connectivity index (χ4v) is 1.58. The Kier molecular flexibility index (Phi) is 5.39. The van der Waals surface area contributed by atoms with Gasteiger partial charge in [0.2, 0.25) is 0 Å². The lowest BCUT2D eigenvalue weighted by atomic mass is 10.1. The molecule has 0 spiro atoms. The van der Waals surface area contributed by atoms with Gasteiger partial charge in [-0.25, -0.2) is 4.79 Å². The number of hydrogen-bond acceptors (Lipinski definition) is 4. The molecule has 5 heteroatoms. The second kappa shape index (κ2) is 6.83. The van der Waals surface area contributed by atoms with E-state index in [1.165, 1.54) is 0 Å². The summed E-state index contributed by atoms with van der Waals surface area (Å²) in [5, 5.41) is 4.10. The first-order valence-corrected chi connectivity index (χ1v) is 5.82. The van der Waals surface area contributed by atoms with E-state index in [-0.39, 0.29) is 5.97 Å². The molecule has 0 N–H and O–H groups in total. The van der Waals surface area contributed by atoms with Crippen molar-refractivity contribution in [2.45, 2.75) is 32.6 Å². The molecule has 0 fully saturated rings. The van der Waals surface area contributed by atoms with Crippen molar-refractivity contribution in [3.63, 3.8) is 0 Å². The predicted molar refractivity (Wildman–Crippen MR) is 62.8 cm³/mol. The Morgan fingerprint density at radius 3 is 2.94 bits per heavy atom. The second-order valence-electron chi connectivity index (χ2n) is 3.78. The third-order valence-electron chi connectivity index (χ3n) is 2.47. The van der Waals surface area contributed by atoms with Crippen LogP contribution in [0.5, 0.6) is 0 Å². The number of hydrogen-bond donors (Lipinski definition) is 0. The average molecular weight is 238 g/mol. The Hall–Kier alpha value is -1.65. The molecule has 0 aromatic carbocycles. The van der Waals surface area contributed by atoms with Crippen LogP contribution in [0.3, 0.4) is 0 Å². The zero-order valence-electron chi connectivity index (χ0n) is 10.3. The van der Waals surface area contributed by atoms with Gasteiger partial charge in [-0.05, 0) is 32.3 Å². The highest BCUT2D eigenvalue weighted by molar-refractivity contribution is 5.87. The lowest BCUT2D eigenvalue weighted by Gasteiger charge is -1.99. The van der Waals surface area contributed by atoms with Crippen molar-refractivity contribution in [3.05, 3.63) is 17.5 Å². The van der Waals surface area contributed by atoms with E-state index in [1.807, 2.05) is 0 Å². The second-order valence-corrected chi connectivity index (χ2v) is 3.78. The van der Waals surface area contributed by atoms with Crippen LogP contribution in [0.25, 0.3) is 0 Å². The van der Waals surface area contributed by atoms with Crippen LogP contribution < -0.4 is 0 Å². The molecule has 0 bridgehead atoms. The third-order valence-corrected chi connectivity index (χ3v) is 2.47. The normalized spacial score (nSPS) is 10.2. The van der Waals surface area contributed by atoms with Gasteiger partial charge in [0.25, 0.3) is 0 Å². The number of ether oxygens (including phenoxy) is 1. The van der Waals surface area contributed by atoms with Gasteiger partial charge < -0.3 is 9.53 Å². The standard InChI is InChI=1S/C12H18N2O3/c1-3-17-12(16)11-9-10(14(2)13-11)7-5-4-6-8-15/h8-9H,3-7H2,1-2H3. The Bertz CT molecular complexity index is 385. The van der Waals surface area contributed by atoms with E-state index in [2.05, 4.69) is 5.10 Å². The van der Waals surface area contributed by atoms with Gasteiger partial charge in [0.1, 0.15) is 6.29 Å². The molecule has 1 rings (SSSR count). The molecule has 0 saturated heterocycles. The van der Waals surface area contributed by atoms with Gasteiger partial charge in [0, 0.05) is 19.2 Å². The number of esters is 1. The molecule has 0 amide bonds. The molecule has 1 heterocycles. The first kappa shape index (κ1) is 13.4. The molecule has 0 aliphatic heterocycles. The smallest absolute Gasteiger partial charge is 0.358 e. The highest BCUT2D eigenvalue weighted by atomic mass is 16.5. The fourth-order valence-electron chi connectivity index (χ4n) is 1.58. The molecule has 94 valence electrons. The van der Waals surface area contributed by atoms with E-state index < -0.39 is 0 Å². The zero-order valence-corrected chi connectivity index (χ0v) is 10.3. The van der Waals surface area contributed by atoms with Gasteiger partial charge in [-0.3, -0.25) is 4.68 Å². The summed E-state index contributed by atoms with van der Waals surface area (Å²) in [5.74, 6) is -0.387. The van der Waals surface area contributed by atoms with Crippen LogP contribution in [-0.4, -0.2) is 28.6 Å². The van der Waals surface area contributed by atoms with Gasteiger partial charge >= 0.3 is 5.97 Å². The maximum absolute atomic E-state index is 11.4. The largest absolute Gasteiger partial charge is 0.461 e. The minimum Gasteiger partial charge on any atom is -0.461 e. The summed E-state index contributed by atoms with van der Waals surface area (Å²) < 4.78 is 6.57. The lowest BCUT2D eigenvalue weighted by Crippen LogP contribution is -2.06. The summed E-state index contributed by atoms with van der Waals surface area (Å²) in [6.45, 7) is 2.12. The molecule has 0 atom stereocenters. The summed E-state index contributed by atoms with van der Waals surface area (Å²) in [4.78, 5) is 21.6. The number of rotatable bonds is 7. The van der Waals surface area contributed by atoms with Crippen molar-refractivity contribution in [3.8, 4) is 0 Å². The predicted octanol–water partition coefficient (Wildman–Crippen LogP) is 1.51. The number of carbonyl (C=O) groups is 2. The maximum atomic E-state index is 11.4. The monoisotopic (exact) mass is 238 g/mol. The van der Waals surface area contributed by atoms with Crippen LogP contribution >= 0.6 is 0 Å². The highest BCUT2D eigenvalue weighted by Gasteiger charge is 2.13. The zero-order chi connectivity index (χ0) is 12.7. The van der Waals surface area contributed by atoms with Crippen LogP contribution in [0, 0.1) is 0 Å². The van der Waals surface area contributed by atoms with Gasteiger partial charge in [-0.2, -0.15) is 5.10 Å². The molecule has 0 saturated carbocycles. The van der Waals surface area contributed by atoms with Gasteiger partial charge in [0.15, 0.2) is 5.69 Å². The summed E-state index contributed by atoms with van der Waals surface area (Å²) in [5.41, 5.74) is 1.33. The minimum atomic E-state index is -0.387. The van der Waals surface area contributed by atoms with Gasteiger partial charge in [0.05, 0.1) is 6.61 Å². The molecule has 0 aliphatic rings. The van der Waals surface area contributed by atoms with Gasteiger partial charge in [-0.15, -0.1) is 0 Å².